The summed E-state index contributed by atoms with van der Waals surface area (Å²) in [7, 11) is 0. The van der Waals surface area contributed by atoms with Gasteiger partial charge in [-0.25, -0.2) is 0 Å². The maximum Gasteiger partial charge on any atom is 0.0998 e. The largest absolute Gasteiger partial charge is 0.372 e. The molecule has 0 saturated carbocycles. The Morgan fingerprint density at radius 2 is 0.825 bits per heavy atom. The van der Waals surface area contributed by atoms with E-state index in [1.54, 1.807) is 0 Å². The zero-order valence-electron chi connectivity index (χ0n) is 24.5. The first kappa shape index (κ1) is 30.3. The molecule has 0 aliphatic heterocycles. The van der Waals surface area contributed by atoms with Crippen molar-refractivity contribution >= 4 is 34.7 Å². The quantitative estimate of drug-likeness (QED) is 0.154. The molecule has 0 aliphatic carbocycles. The van der Waals surface area contributed by atoms with E-state index in [1.807, 2.05) is 36.4 Å². The monoisotopic (exact) mass is 530 g/mol. The molecule has 0 unspecified atom stereocenters. The topological polar surface area (TPSA) is 54.1 Å². The van der Waals surface area contributed by atoms with Gasteiger partial charge in [0, 0.05) is 37.6 Å². The minimum Gasteiger partial charge on any atom is -0.372 e. The van der Waals surface area contributed by atoms with Crippen molar-refractivity contribution in [3.63, 3.8) is 0 Å². The van der Waals surface area contributed by atoms with Gasteiger partial charge in [-0.05, 0) is 84.4 Å². The maximum absolute atomic E-state index is 9.88. The summed E-state index contributed by atoms with van der Waals surface area (Å²) in [5.74, 6) is 0. The Morgan fingerprint density at radius 1 is 0.525 bits per heavy atom. The van der Waals surface area contributed by atoms with Crippen molar-refractivity contribution in [2.75, 3.05) is 36.0 Å². The molecular weight excluding hydrogens is 488 g/mol. The van der Waals surface area contributed by atoms with Crippen LogP contribution in [0.3, 0.4) is 0 Å². The van der Waals surface area contributed by atoms with Gasteiger partial charge in [0.2, 0.25) is 0 Å². The van der Waals surface area contributed by atoms with Crippen LogP contribution in [0.5, 0.6) is 0 Å². The van der Waals surface area contributed by atoms with Gasteiger partial charge >= 0.3 is 0 Å². The fourth-order valence-electron chi connectivity index (χ4n) is 4.91. The summed E-state index contributed by atoms with van der Waals surface area (Å²) in [6.07, 6.45) is 8.30. The second kappa shape index (κ2) is 16.0. The number of hydrogen-bond acceptors (Lipinski definition) is 4. The van der Waals surface area contributed by atoms with E-state index in [4.69, 9.17) is 0 Å². The number of allylic oxidation sites excluding steroid dienone is 2. The van der Waals surface area contributed by atoms with Crippen molar-refractivity contribution in [3.05, 3.63) is 95.1 Å². The second-order valence-corrected chi connectivity index (χ2v) is 10.1. The summed E-state index contributed by atoms with van der Waals surface area (Å²) in [5, 5.41) is 19.8. The first-order valence-electron chi connectivity index (χ1n) is 14.6. The third kappa shape index (κ3) is 8.36. The van der Waals surface area contributed by atoms with Crippen molar-refractivity contribution < 1.29 is 0 Å². The Labute approximate surface area is 241 Å². The molecule has 0 spiro atoms. The summed E-state index contributed by atoms with van der Waals surface area (Å²) in [6.45, 7) is 13.0. The molecule has 206 valence electrons. The van der Waals surface area contributed by atoms with Gasteiger partial charge in [0.15, 0.2) is 0 Å². The molecule has 0 saturated heterocycles. The highest BCUT2D eigenvalue weighted by Crippen LogP contribution is 2.25. The van der Waals surface area contributed by atoms with E-state index < -0.39 is 0 Å². The lowest BCUT2D eigenvalue weighted by Gasteiger charge is -2.23. The van der Waals surface area contributed by atoms with E-state index in [0.717, 1.165) is 74.1 Å². The number of hydrogen-bond donors (Lipinski definition) is 0. The standard InChI is InChI=1S/C36H42N4/c1-5-21-39(22-6-2)35-17-9-29(10-18-35)25-33(27-37)31-13-15-32(16-14-31)34(28-38)26-30-11-19-36(20-12-30)40(23-7-3)24-8-4/h9-20,25-26H,5-8,21-24H2,1-4H3/b33-25+,34-26+. The van der Waals surface area contributed by atoms with Crippen LogP contribution in [0.1, 0.15) is 75.6 Å². The van der Waals surface area contributed by atoms with E-state index in [9.17, 15) is 10.5 Å². The normalized spacial score (nSPS) is 11.6. The van der Waals surface area contributed by atoms with Crippen LogP contribution in [-0.4, -0.2) is 26.2 Å². The van der Waals surface area contributed by atoms with Gasteiger partial charge in [-0.2, -0.15) is 10.5 Å². The molecule has 40 heavy (non-hydrogen) atoms. The van der Waals surface area contributed by atoms with Crippen LogP contribution >= 0.6 is 0 Å². The highest BCUT2D eigenvalue weighted by molar-refractivity contribution is 5.92. The lowest BCUT2D eigenvalue weighted by atomic mass is 9.98. The third-order valence-electron chi connectivity index (χ3n) is 6.86. The third-order valence-corrected chi connectivity index (χ3v) is 6.86. The molecule has 0 amide bonds. The van der Waals surface area contributed by atoms with Gasteiger partial charge in [0.25, 0.3) is 0 Å². The fraction of sp³-hybridized carbons (Fsp3) is 0.333. The fourth-order valence-corrected chi connectivity index (χ4v) is 4.91. The Kier molecular flexibility index (Phi) is 12.1. The Bertz CT molecular complexity index is 1220. The van der Waals surface area contributed by atoms with E-state index in [-0.39, 0.29) is 0 Å². The summed E-state index contributed by atoms with van der Waals surface area (Å²) in [5.41, 5.74) is 7.29. The van der Waals surface area contributed by atoms with E-state index in [0.29, 0.717) is 11.1 Å². The van der Waals surface area contributed by atoms with Gasteiger partial charge < -0.3 is 9.80 Å². The molecule has 3 rings (SSSR count). The maximum atomic E-state index is 9.88. The number of benzene rings is 3. The molecule has 0 fully saturated rings. The highest BCUT2D eigenvalue weighted by Gasteiger charge is 2.08. The molecule has 4 heteroatoms. The SMILES string of the molecule is CCCN(CCC)c1ccc(/C=C(\C#N)c2ccc(/C(C#N)=C/c3ccc(N(CCC)CCC)cc3)cc2)cc1. The molecule has 0 atom stereocenters. The lowest BCUT2D eigenvalue weighted by Crippen LogP contribution is -2.24. The molecule has 4 nitrogen and oxygen atoms in total. The second-order valence-electron chi connectivity index (χ2n) is 10.1. The van der Waals surface area contributed by atoms with E-state index in [1.165, 1.54) is 11.4 Å². The van der Waals surface area contributed by atoms with Crippen molar-refractivity contribution in [1.29, 1.82) is 10.5 Å². The summed E-state index contributed by atoms with van der Waals surface area (Å²) in [4.78, 5) is 4.80. The summed E-state index contributed by atoms with van der Waals surface area (Å²) >= 11 is 0. The average molecular weight is 531 g/mol. The van der Waals surface area contributed by atoms with Crippen LogP contribution in [0.15, 0.2) is 72.8 Å². The first-order valence-corrected chi connectivity index (χ1v) is 14.6. The van der Waals surface area contributed by atoms with Gasteiger partial charge in [-0.1, -0.05) is 76.2 Å². The molecule has 0 radical (unpaired) electrons. The number of rotatable bonds is 14. The Morgan fingerprint density at radius 3 is 1.07 bits per heavy atom. The van der Waals surface area contributed by atoms with Crippen LogP contribution < -0.4 is 9.80 Å². The molecule has 3 aromatic carbocycles. The van der Waals surface area contributed by atoms with Crippen molar-refractivity contribution in [3.8, 4) is 12.1 Å². The molecule has 3 aromatic rings. The zero-order valence-corrected chi connectivity index (χ0v) is 24.5. The van der Waals surface area contributed by atoms with Crippen molar-refractivity contribution in [2.45, 2.75) is 53.4 Å². The molecule has 0 aromatic heterocycles. The van der Waals surface area contributed by atoms with E-state index in [2.05, 4.69) is 98.2 Å². The minimum atomic E-state index is 0.597. The first-order chi connectivity index (χ1) is 19.6. The molecule has 0 heterocycles. The van der Waals surface area contributed by atoms with Gasteiger partial charge in [-0.15, -0.1) is 0 Å². The summed E-state index contributed by atoms with van der Waals surface area (Å²) < 4.78 is 0. The van der Waals surface area contributed by atoms with Crippen LogP contribution in [0.4, 0.5) is 11.4 Å². The van der Waals surface area contributed by atoms with Gasteiger partial charge in [-0.3, -0.25) is 0 Å². The molecule has 0 bridgehead atoms. The van der Waals surface area contributed by atoms with Gasteiger partial charge in [0.1, 0.15) is 0 Å². The minimum absolute atomic E-state index is 0.597. The summed E-state index contributed by atoms with van der Waals surface area (Å²) in [6, 6.07) is 29.2. The number of anilines is 2. The van der Waals surface area contributed by atoms with Crippen LogP contribution in [0.2, 0.25) is 0 Å². The van der Waals surface area contributed by atoms with Crippen molar-refractivity contribution in [2.24, 2.45) is 0 Å². The van der Waals surface area contributed by atoms with Gasteiger partial charge in [0.05, 0.1) is 23.3 Å². The predicted octanol–water partition coefficient (Wildman–Crippen LogP) is 9.07. The molecule has 0 N–H and O–H groups in total. The molecule has 0 aliphatic rings. The van der Waals surface area contributed by atoms with Crippen LogP contribution in [0.25, 0.3) is 23.3 Å². The lowest BCUT2D eigenvalue weighted by molar-refractivity contribution is 0.745. The highest BCUT2D eigenvalue weighted by atomic mass is 15.1. The average Bonchev–Trinajstić information content (AvgIpc) is 2.99. The smallest absolute Gasteiger partial charge is 0.0998 e. The van der Waals surface area contributed by atoms with E-state index >= 15 is 0 Å². The molecular formula is C36H42N4. The Hall–Kier alpha value is -4.28. The number of nitriles is 2. The predicted molar refractivity (Wildman–Crippen MR) is 172 cm³/mol. The van der Waals surface area contributed by atoms with Crippen LogP contribution in [0, 0.1) is 22.7 Å². The Balaban J connectivity index is 1.78. The zero-order chi connectivity index (χ0) is 28.7. The number of nitrogens with zero attached hydrogens (tertiary/aromatic N) is 4. The van der Waals surface area contributed by atoms with Crippen molar-refractivity contribution in [1.82, 2.24) is 0 Å². The van der Waals surface area contributed by atoms with Crippen LogP contribution in [-0.2, 0) is 0 Å².